The van der Waals surface area contributed by atoms with Crippen LogP contribution < -0.4 is 27.0 Å². The van der Waals surface area contributed by atoms with E-state index >= 15 is 19.2 Å². The Morgan fingerprint density at radius 2 is 0.989 bits per heavy atom. The van der Waals surface area contributed by atoms with Crippen molar-refractivity contribution >= 4 is 76.6 Å². The van der Waals surface area contributed by atoms with Gasteiger partial charge in [-0.1, -0.05) is 115 Å². The smallest absolute Gasteiger partial charge is 0.303 e. The zero-order chi connectivity index (χ0) is 73.0. The van der Waals surface area contributed by atoms with Crippen LogP contribution in [0, 0.1) is 41.4 Å². The van der Waals surface area contributed by atoms with Gasteiger partial charge in [0.1, 0.15) is 66.5 Å². The van der Waals surface area contributed by atoms with Crippen molar-refractivity contribution in [3.8, 4) is 0 Å². The third kappa shape index (κ3) is 24.4. The maximum absolute atomic E-state index is 15.7. The van der Waals surface area contributed by atoms with Crippen molar-refractivity contribution in [1.29, 1.82) is 0 Å². The van der Waals surface area contributed by atoms with Crippen molar-refractivity contribution < 1.29 is 62.3 Å². The van der Waals surface area contributed by atoms with Gasteiger partial charge in [-0.05, 0) is 124 Å². The Bertz CT molecular complexity index is 2790. The zero-order valence-corrected chi connectivity index (χ0v) is 61.8. The largest absolute Gasteiger partial charge is 0.460 e. The van der Waals surface area contributed by atoms with E-state index in [1.165, 1.54) is 94.6 Å². The van der Waals surface area contributed by atoms with E-state index < -0.39 is 162 Å². The normalized spacial score (nSPS) is 25.1. The first kappa shape index (κ1) is 83.7. The van der Waals surface area contributed by atoms with Crippen molar-refractivity contribution in [2.75, 3.05) is 61.6 Å². The Labute approximate surface area is 567 Å². The molecule has 25 heteroatoms. The van der Waals surface area contributed by atoms with Gasteiger partial charge in [-0.2, -0.15) is 0 Å². The molecule has 1 heterocycles. The van der Waals surface area contributed by atoms with Crippen molar-refractivity contribution in [2.24, 2.45) is 41.4 Å². The fraction of sp³-hybridized carbons (Fsp3) is 0.743. The summed E-state index contributed by atoms with van der Waals surface area (Å²) < 4.78 is 6.09. The summed E-state index contributed by atoms with van der Waals surface area (Å²) in [5.74, 6) is -10.8. The molecular weight excluding hydrogens is 1220 g/mol. The van der Waals surface area contributed by atoms with Gasteiger partial charge in [0.2, 0.25) is 65.0 Å². The molecule has 538 valence electrons. The molecule has 0 aromatic heterocycles. The Balaban J connectivity index is 3.09. The molecule has 0 bridgehead atoms. The minimum Gasteiger partial charge on any atom is -0.460 e. The van der Waals surface area contributed by atoms with Crippen LogP contribution in [0.3, 0.4) is 0 Å². The second-order valence-corrected chi connectivity index (χ2v) is 28.9. The molecule has 6 N–H and O–H groups in total. The summed E-state index contributed by atoms with van der Waals surface area (Å²) in [5, 5.41) is 11.1. The van der Waals surface area contributed by atoms with Gasteiger partial charge in [-0.3, -0.25) is 57.5 Å². The average Bonchev–Trinajstić information content (AvgIpc) is 0.810. The highest BCUT2D eigenvalue weighted by Crippen LogP contribution is 2.28. The third-order valence-corrected chi connectivity index (χ3v) is 17.8. The molecule has 1 saturated heterocycles. The van der Waals surface area contributed by atoms with E-state index in [-0.39, 0.29) is 55.8 Å². The molecule has 0 aliphatic carbocycles. The summed E-state index contributed by atoms with van der Waals surface area (Å²) in [4.78, 5) is 185. The van der Waals surface area contributed by atoms with Gasteiger partial charge in [0, 0.05) is 61.9 Å². The summed E-state index contributed by atoms with van der Waals surface area (Å²) in [6.45, 7) is 28.9. The molecule has 2 rings (SSSR count). The standard InChI is InChI=1S/C70H120N12O13/c1-25-28-51-66(90)76(18)38-56(84)77(19)52(33-39(2)3)63(87)75-57(43(10)11)69(93)78(20)53(34-40(4)5)62(86)72-46(15)61(85)73-47(16)65(89)79(21)54(35-41(6)7)67(91)80(22)55(36-42(8)9)68(92)81(23)58(44(12)13)70(94)82(24)59(64(88)74-51)60(95-48(17)83)45(14)29-26-30-49-31-27-32-50(71)37-49/h27,31-32,37,39-47,51-55,57-60H,25-26,28-30,33-36,38,71H2,1-24H3,(H,72,86)(H,73,85)(H,74,88)(H,75,87)/t45-,46-,47+,51+,52+,53-,54+,55+,57-,58+,59+,60-/m1/s1. The number of aryl methyl sites for hydroxylation is 1. The van der Waals surface area contributed by atoms with Crippen LogP contribution in [-0.2, 0) is 68.7 Å². The number of likely N-dealkylation sites (N-methyl/N-ethyl adjacent to an activating group) is 7. The number of nitrogens with two attached hydrogens (primary N) is 1. The first-order valence-electron chi connectivity index (χ1n) is 34.1. The minimum atomic E-state index is -1.63. The summed E-state index contributed by atoms with van der Waals surface area (Å²) in [6.07, 6.45) is 1.10. The van der Waals surface area contributed by atoms with Crippen molar-refractivity contribution in [3.63, 3.8) is 0 Å². The number of benzene rings is 1. The predicted octanol–water partition coefficient (Wildman–Crippen LogP) is 4.87. The number of ether oxygens (including phenoxy) is 1. The number of carbonyl (C=O) groups is 12. The van der Waals surface area contributed by atoms with Gasteiger partial charge in [-0.15, -0.1) is 0 Å². The van der Waals surface area contributed by atoms with Crippen LogP contribution in [0.15, 0.2) is 24.3 Å². The van der Waals surface area contributed by atoms with E-state index in [0.717, 1.165) is 15.4 Å². The number of nitrogen functional groups attached to an aromatic ring is 1. The molecule has 0 spiro atoms. The Morgan fingerprint density at radius 1 is 0.526 bits per heavy atom. The molecule has 0 saturated carbocycles. The zero-order valence-electron chi connectivity index (χ0n) is 61.8. The second-order valence-electron chi connectivity index (χ2n) is 28.9. The molecule has 0 radical (unpaired) electrons. The number of anilines is 1. The molecule has 1 aliphatic heterocycles. The van der Waals surface area contributed by atoms with Crippen molar-refractivity contribution in [2.45, 2.75) is 242 Å². The molecule has 1 aromatic rings. The maximum Gasteiger partial charge on any atom is 0.303 e. The van der Waals surface area contributed by atoms with E-state index in [0.29, 0.717) is 31.4 Å². The molecule has 1 aromatic carbocycles. The van der Waals surface area contributed by atoms with Crippen molar-refractivity contribution in [3.05, 3.63) is 29.8 Å². The van der Waals surface area contributed by atoms with Crippen LogP contribution in [0.2, 0.25) is 0 Å². The molecule has 1 fully saturated rings. The third-order valence-electron chi connectivity index (χ3n) is 17.8. The first-order valence-corrected chi connectivity index (χ1v) is 34.1. The fourth-order valence-corrected chi connectivity index (χ4v) is 12.3. The van der Waals surface area contributed by atoms with Crippen LogP contribution in [0.1, 0.15) is 175 Å². The molecule has 1 aliphatic rings. The fourth-order valence-electron chi connectivity index (χ4n) is 12.3. The van der Waals surface area contributed by atoms with Crippen LogP contribution in [0.5, 0.6) is 0 Å². The Kier molecular flexibility index (Phi) is 33.9. The highest BCUT2D eigenvalue weighted by molar-refractivity contribution is 5.99. The summed E-state index contributed by atoms with van der Waals surface area (Å²) in [5.41, 5.74) is 7.63. The summed E-state index contributed by atoms with van der Waals surface area (Å²) >= 11 is 0. The lowest BCUT2D eigenvalue weighted by Crippen LogP contribution is -2.64. The number of hydrogen-bond donors (Lipinski definition) is 5. The van der Waals surface area contributed by atoms with Gasteiger partial charge < -0.3 is 66.0 Å². The lowest BCUT2D eigenvalue weighted by Gasteiger charge is -2.42. The molecular formula is C70H120N12O13. The lowest BCUT2D eigenvalue weighted by molar-refractivity contribution is -0.164. The number of rotatable bonds is 19. The van der Waals surface area contributed by atoms with Gasteiger partial charge in [0.05, 0.1) is 6.54 Å². The van der Waals surface area contributed by atoms with Gasteiger partial charge in [0.15, 0.2) is 0 Å². The lowest BCUT2D eigenvalue weighted by atomic mass is 9.89. The van der Waals surface area contributed by atoms with Crippen LogP contribution in [0.4, 0.5) is 5.69 Å². The number of nitrogens with one attached hydrogen (secondary N) is 4. The molecule has 95 heavy (non-hydrogen) atoms. The van der Waals surface area contributed by atoms with Gasteiger partial charge >= 0.3 is 5.97 Å². The van der Waals surface area contributed by atoms with E-state index in [9.17, 15) is 38.4 Å². The molecule has 0 unspecified atom stereocenters. The number of nitrogens with zero attached hydrogens (tertiary/aromatic N) is 7. The minimum absolute atomic E-state index is 0.0544. The highest BCUT2D eigenvalue weighted by atomic mass is 16.5. The number of esters is 1. The average molecular weight is 1340 g/mol. The summed E-state index contributed by atoms with van der Waals surface area (Å²) in [6, 6.07) is -5.23. The van der Waals surface area contributed by atoms with Crippen LogP contribution in [-0.4, -0.2) is 228 Å². The quantitative estimate of drug-likeness (QED) is 0.0912. The number of amides is 11. The molecule has 11 amide bonds. The van der Waals surface area contributed by atoms with E-state index in [2.05, 4.69) is 21.3 Å². The van der Waals surface area contributed by atoms with Crippen LogP contribution >= 0.6 is 0 Å². The first-order chi connectivity index (χ1) is 44.0. The Morgan fingerprint density at radius 3 is 1.47 bits per heavy atom. The van der Waals surface area contributed by atoms with Crippen LogP contribution in [0.25, 0.3) is 0 Å². The topological polar surface area (TPSA) is 311 Å². The molecule has 12 atom stereocenters. The SMILES string of the molecule is CCC[C@@H]1NC(=O)[C@H]([C@H](OC(C)=O)[C@H](C)CCCc2cccc(N)c2)N(C)C(=O)[C@H](C(C)C)N(C)C(=O)[C@H](CC(C)C)N(C)C(=O)[C@H](CC(C)C)N(C)C(=O)[C@H](C)NC(=O)[C@@H](C)NC(=O)[C@@H](CC(C)C)N(C)C(=O)[C@@H](C(C)C)NC(=O)[C@H](CC(C)C)N(C)C(=O)CN(C)C1=O. The Hall–Kier alpha value is -7.34. The van der Waals surface area contributed by atoms with Gasteiger partial charge in [0.25, 0.3) is 0 Å². The van der Waals surface area contributed by atoms with Gasteiger partial charge in [-0.25, -0.2) is 0 Å². The maximum atomic E-state index is 15.7. The van der Waals surface area contributed by atoms with E-state index in [1.807, 2.05) is 73.6 Å². The van der Waals surface area contributed by atoms with Crippen molar-refractivity contribution in [1.82, 2.24) is 55.6 Å². The highest BCUT2D eigenvalue weighted by Gasteiger charge is 2.47. The molecule has 25 nitrogen and oxygen atoms in total. The second kappa shape index (κ2) is 38.4. The monoisotopic (exact) mass is 1340 g/mol. The van der Waals surface area contributed by atoms with E-state index in [1.54, 1.807) is 47.6 Å². The number of carbonyl (C=O) groups excluding carboxylic acids is 12. The van der Waals surface area contributed by atoms with E-state index in [4.69, 9.17) is 10.5 Å². The predicted molar refractivity (Wildman–Crippen MR) is 367 cm³/mol. The number of hydrogen-bond acceptors (Lipinski definition) is 14. The summed E-state index contributed by atoms with van der Waals surface area (Å²) in [7, 11) is 9.95.